The molecule has 1 aliphatic heterocycles. The highest BCUT2D eigenvalue weighted by atomic mass is 19.1. The maximum absolute atomic E-state index is 13.9. The van der Waals surface area contributed by atoms with E-state index in [9.17, 15) is 9.18 Å². The second-order valence-electron chi connectivity index (χ2n) is 6.43. The van der Waals surface area contributed by atoms with E-state index < -0.39 is 0 Å². The Balaban J connectivity index is 1.42. The van der Waals surface area contributed by atoms with Crippen LogP contribution in [0.15, 0.2) is 24.4 Å². The van der Waals surface area contributed by atoms with E-state index in [0.29, 0.717) is 32.0 Å². The third-order valence-corrected chi connectivity index (χ3v) is 4.81. The number of hydrogen-bond acceptors (Lipinski definition) is 4. The van der Waals surface area contributed by atoms with Gasteiger partial charge in [-0.2, -0.15) is 5.10 Å². The van der Waals surface area contributed by atoms with Gasteiger partial charge in [0, 0.05) is 18.7 Å². The molecule has 0 bridgehead atoms. The minimum atomic E-state index is -0.307. The molecular formula is C17H20FN5O. The largest absolute Gasteiger partial charge is 0.350 e. The Bertz CT molecular complexity index is 755. The van der Waals surface area contributed by atoms with Crippen molar-refractivity contribution in [1.82, 2.24) is 20.1 Å². The van der Waals surface area contributed by atoms with E-state index >= 15 is 0 Å². The monoisotopic (exact) mass is 329 g/mol. The standard InChI is InChI=1S/C17H20FN5O/c18-15-5-2-6-19-16(15)22-7-8-23-14(11-22)9-13(21-23)10-20-17(24)12-3-1-4-12/h2,5-6,9,12H,1,3-4,7-8,10-11H2,(H,20,24). The fourth-order valence-corrected chi connectivity index (χ4v) is 3.20. The van der Waals surface area contributed by atoms with Gasteiger partial charge in [-0.05, 0) is 31.0 Å². The first-order valence-corrected chi connectivity index (χ1v) is 8.39. The quantitative estimate of drug-likeness (QED) is 0.930. The molecule has 2 aromatic heterocycles. The van der Waals surface area contributed by atoms with Gasteiger partial charge >= 0.3 is 0 Å². The molecule has 3 heterocycles. The lowest BCUT2D eigenvalue weighted by atomic mass is 9.85. The molecule has 2 aromatic rings. The van der Waals surface area contributed by atoms with Crippen LogP contribution < -0.4 is 10.2 Å². The second kappa shape index (κ2) is 6.22. The molecule has 126 valence electrons. The molecule has 1 aliphatic carbocycles. The molecule has 1 saturated carbocycles. The lowest BCUT2D eigenvalue weighted by Crippen LogP contribution is -2.35. The minimum absolute atomic E-state index is 0.129. The van der Waals surface area contributed by atoms with E-state index in [4.69, 9.17) is 0 Å². The van der Waals surface area contributed by atoms with Crippen molar-refractivity contribution < 1.29 is 9.18 Å². The number of fused-ring (bicyclic) bond motifs is 1. The third kappa shape index (κ3) is 2.86. The summed E-state index contributed by atoms with van der Waals surface area (Å²) in [5.74, 6) is 0.387. The second-order valence-corrected chi connectivity index (χ2v) is 6.43. The molecule has 0 unspecified atom stereocenters. The SMILES string of the molecule is O=C(NCc1cc2n(n1)CCN(c1ncccc1F)C2)C1CCC1. The number of halogens is 1. The molecule has 0 aromatic carbocycles. The van der Waals surface area contributed by atoms with E-state index in [-0.39, 0.29) is 17.6 Å². The fraction of sp³-hybridized carbons (Fsp3) is 0.471. The summed E-state index contributed by atoms with van der Waals surface area (Å²) in [7, 11) is 0. The van der Waals surface area contributed by atoms with Gasteiger partial charge in [-0.1, -0.05) is 6.42 Å². The summed E-state index contributed by atoms with van der Waals surface area (Å²) in [5.41, 5.74) is 1.86. The van der Waals surface area contributed by atoms with Crippen molar-refractivity contribution in [2.75, 3.05) is 11.4 Å². The predicted molar refractivity (Wildman–Crippen MR) is 86.7 cm³/mol. The predicted octanol–water partition coefficient (Wildman–Crippen LogP) is 1.85. The number of aromatic nitrogens is 3. The Hall–Kier alpha value is -2.44. The summed E-state index contributed by atoms with van der Waals surface area (Å²) in [6, 6.07) is 5.00. The molecule has 4 rings (SSSR count). The van der Waals surface area contributed by atoms with Crippen LogP contribution in [0.4, 0.5) is 10.2 Å². The molecule has 1 fully saturated rings. The lowest BCUT2D eigenvalue weighted by molar-refractivity contribution is -0.127. The number of pyridine rings is 1. The average Bonchev–Trinajstić information content (AvgIpc) is 2.93. The molecule has 6 nitrogen and oxygen atoms in total. The average molecular weight is 329 g/mol. The summed E-state index contributed by atoms with van der Waals surface area (Å²) < 4.78 is 15.8. The van der Waals surface area contributed by atoms with Crippen LogP contribution in [-0.4, -0.2) is 27.2 Å². The molecule has 0 spiro atoms. The molecule has 2 aliphatic rings. The van der Waals surface area contributed by atoms with E-state index in [1.165, 1.54) is 6.07 Å². The lowest BCUT2D eigenvalue weighted by Gasteiger charge is -2.28. The van der Waals surface area contributed by atoms with Gasteiger partial charge in [-0.25, -0.2) is 9.37 Å². The molecule has 0 radical (unpaired) electrons. The molecule has 1 N–H and O–H groups in total. The van der Waals surface area contributed by atoms with Crippen LogP contribution in [0.1, 0.15) is 30.7 Å². The Morgan fingerprint density at radius 2 is 2.25 bits per heavy atom. The first kappa shape index (κ1) is 15.1. The molecular weight excluding hydrogens is 309 g/mol. The van der Waals surface area contributed by atoms with Crippen molar-refractivity contribution in [2.45, 2.75) is 38.9 Å². The van der Waals surface area contributed by atoms with Gasteiger partial charge in [0.1, 0.15) is 0 Å². The number of nitrogens with one attached hydrogen (secondary N) is 1. The van der Waals surface area contributed by atoms with Gasteiger partial charge in [-0.15, -0.1) is 0 Å². The van der Waals surface area contributed by atoms with Gasteiger partial charge in [0.2, 0.25) is 5.91 Å². The Labute approximate surface area is 139 Å². The Morgan fingerprint density at radius 1 is 1.38 bits per heavy atom. The molecule has 24 heavy (non-hydrogen) atoms. The molecule has 1 amide bonds. The van der Waals surface area contributed by atoms with E-state index in [1.54, 1.807) is 12.3 Å². The number of nitrogens with zero attached hydrogens (tertiary/aromatic N) is 4. The highest BCUT2D eigenvalue weighted by Gasteiger charge is 2.25. The van der Waals surface area contributed by atoms with Crippen LogP contribution in [0.5, 0.6) is 0 Å². The Kier molecular flexibility index (Phi) is 3.92. The molecule has 7 heteroatoms. The third-order valence-electron chi connectivity index (χ3n) is 4.81. The summed E-state index contributed by atoms with van der Waals surface area (Å²) in [6.07, 6.45) is 4.74. The smallest absolute Gasteiger partial charge is 0.223 e. The maximum atomic E-state index is 13.9. The molecule has 0 atom stereocenters. The van der Waals surface area contributed by atoms with Crippen molar-refractivity contribution in [3.8, 4) is 0 Å². The number of amides is 1. The maximum Gasteiger partial charge on any atom is 0.223 e. The highest BCUT2D eigenvalue weighted by Crippen LogP contribution is 2.26. The number of anilines is 1. The van der Waals surface area contributed by atoms with Crippen LogP contribution in [-0.2, 0) is 24.4 Å². The number of rotatable bonds is 4. The normalized spacial score (nSPS) is 17.3. The minimum Gasteiger partial charge on any atom is -0.350 e. The van der Waals surface area contributed by atoms with Crippen molar-refractivity contribution in [3.05, 3.63) is 41.6 Å². The van der Waals surface area contributed by atoms with Crippen molar-refractivity contribution in [1.29, 1.82) is 0 Å². The van der Waals surface area contributed by atoms with Gasteiger partial charge < -0.3 is 10.2 Å². The zero-order valence-electron chi connectivity index (χ0n) is 13.4. The van der Waals surface area contributed by atoms with Crippen LogP contribution in [0, 0.1) is 11.7 Å². The van der Waals surface area contributed by atoms with Crippen LogP contribution >= 0.6 is 0 Å². The van der Waals surface area contributed by atoms with Gasteiger partial charge in [-0.3, -0.25) is 9.48 Å². The number of carbonyl (C=O) groups excluding carboxylic acids is 1. The number of hydrogen-bond donors (Lipinski definition) is 1. The fourth-order valence-electron chi connectivity index (χ4n) is 3.20. The van der Waals surface area contributed by atoms with E-state index in [0.717, 1.165) is 30.7 Å². The van der Waals surface area contributed by atoms with Crippen molar-refractivity contribution in [2.24, 2.45) is 5.92 Å². The summed E-state index contributed by atoms with van der Waals surface area (Å²) in [6.45, 7) is 2.36. The van der Waals surface area contributed by atoms with E-state index in [2.05, 4.69) is 15.4 Å². The van der Waals surface area contributed by atoms with Crippen LogP contribution in [0.3, 0.4) is 0 Å². The summed E-state index contributed by atoms with van der Waals surface area (Å²) >= 11 is 0. The number of carbonyl (C=O) groups is 1. The highest BCUT2D eigenvalue weighted by molar-refractivity contribution is 5.79. The van der Waals surface area contributed by atoms with Gasteiger partial charge in [0.05, 0.1) is 31.0 Å². The van der Waals surface area contributed by atoms with Crippen molar-refractivity contribution in [3.63, 3.8) is 0 Å². The van der Waals surface area contributed by atoms with Gasteiger partial charge in [0.15, 0.2) is 11.6 Å². The van der Waals surface area contributed by atoms with Crippen LogP contribution in [0.2, 0.25) is 0 Å². The zero-order valence-corrected chi connectivity index (χ0v) is 13.4. The topological polar surface area (TPSA) is 63.1 Å². The van der Waals surface area contributed by atoms with Gasteiger partial charge in [0.25, 0.3) is 0 Å². The zero-order chi connectivity index (χ0) is 16.5. The first-order valence-electron chi connectivity index (χ1n) is 8.39. The van der Waals surface area contributed by atoms with Crippen LogP contribution in [0.25, 0.3) is 0 Å². The van der Waals surface area contributed by atoms with Crippen molar-refractivity contribution >= 4 is 11.7 Å². The summed E-state index contributed by atoms with van der Waals surface area (Å²) in [4.78, 5) is 18.0. The summed E-state index contributed by atoms with van der Waals surface area (Å²) in [5, 5.41) is 7.50. The Morgan fingerprint density at radius 3 is 3.00 bits per heavy atom. The molecule has 0 saturated heterocycles. The van der Waals surface area contributed by atoms with E-state index in [1.807, 2.05) is 15.6 Å². The first-order chi connectivity index (χ1) is 11.7.